The maximum absolute atomic E-state index is 13.1. The number of rotatable bonds is 4. The van der Waals surface area contributed by atoms with Crippen LogP contribution in [0.25, 0.3) is 0 Å². The van der Waals surface area contributed by atoms with Gasteiger partial charge in [-0.2, -0.15) is 10.2 Å². The average Bonchev–Trinajstić information content (AvgIpc) is 3.17. The highest BCUT2D eigenvalue weighted by atomic mass is 16.2. The van der Waals surface area contributed by atoms with E-state index in [0.29, 0.717) is 0 Å². The monoisotopic (exact) mass is 374 g/mol. The minimum Gasteiger partial charge on any atom is -0.272 e. The first kappa shape index (κ1) is 18.1. The summed E-state index contributed by atoms with van der Waals surface area (Å²) in [5.41, 5.74) is 2.91. The van der Waals surface area contributed by atoms with Gasteiger partial charge in [-0.3, -0.25) is 9.59 Å². The second-order valence-corrected chi connectivity index (χ2v) is 7.27. The summed E-state index contributed by atoms with van der Waals surface area (Å²) in [4.78, 5) is 26.3. The number of carbonyl (C=O) groups is 2. The predicted molar refractivity (Wildman–Crippen MR) is 110 cm³/mol. The van der Waals surface area contributed by atoms with E-state index >= 15 is 0 Å². The van der Waals surface area contributed by atoms with Crippen molar-refractivity contribution in [2.45, 2.75) is 20.8 Å². The van der Waals surface area contributed by atoms with Crippen molar-refractivity contribution in [3.05, 3.63) is 60.7 Å². The lowest BCUT2D eigenvalue weighted by atomic mass is 9.78. The lowest BCUT2D eigenvalue weighted by Gasteiger charge is -2.24. The highest BCUT2D eigenvalue weighted by Gasteiger charge is 2.47. The van der Waals surface area contributed by atoms with E-state index in [0.717, 1.165) is 22.8 Å². The van der Waals surface area contributed by atoms with Crippen molar-refractivity contribution in [2.24, 2.45) is 28.0 Å². The lowest BCUT2D eigenvalue weighted by molar-refractivity contribution is -0.123. The number of nitrogens with zero attached hydrogens (tertiary/aromatic N) is 4. The molecule has 0 saturated heterocycles. The molecular formula is C22H22N4O2. The van der Waals surface area contributed by atoms with Crippen molar-refractivity contribution in [3.63, 3.8) is 0 Å². The molecule has 0 saturated carbocycles. The first-order chi connectivity index (χ1) is 13.5. The Balaban J connectivity index is 1.59. The van der Waals surface area contributed by atoms with Crippen molar-refractivity contribution < 1.29 is 9.59 Å². The van der Waals surface area contributed by atoms with Gasteiger partial charge in [0.25, 0.3) is 11.8 Å². The molecule has 2 amide bonds. The molecule has 0 aliphatic carbocycles. The molecule has 2 aromatic carbocycles. The van der Waals surface area contributed by atoms with Crippen molar-refractivity contribution in [2.75, 3.05) is 10.0 Å². The van der Waals surface area contributed by atoms with E-state index in [1.165, 1.54) is 10.0 Å². The molecule has 142 valence electrons. The van der Waals surface area contributed by atoms with E-state index in [1.54, 1.807) is 0 Å². The second-order valence-electron chi connectivity index (χ2n) is 7.27. The number of hydrazone groups is 2. The van der Waals surface area contributed by atoms with Crippen molar-refractivity contribution in [3.8, 4) is 0 Å². The fourth-order valence-electron chi connectivity index (χ4n) is 4.07. The zero-order chi connectivity index (χ0) is 19.8. The molecule has 0 unspecified atom stereocenters. The fourth-order valence-corrected chi connectivity index (χ4v) is 4.07. The van der Waals surface area contributed by atoms with Crippen LogP contribution in [0.2, 0.25) is 0 Å². The molecule has 6 nitrogen and oxygen atoms in total. The highest BCUT2D eigenvalue weighted by molar-refractivity contribution is 6.18. The number of benzene rings is 2. The zero-order valence-corrected chi connectivity index (χ0v) is 16.1. The molecule has 4 rings (SSSR count). The molecule has 28 heavy (non-hydrogen) atoms. The summed E-state index contributed by atoms with van der Waals surface area (Å²) in [6, 6.07) is 18.7. The van der Waals surface area contributed by atoms with Crippen LogP contribution in [0.15, 0.2) is 70.9 Å². The highest BCUT2D eigenvalue weighted by Crippen LogP contribution is 2.36. The van der Waals surface area contributed by atoms with E-state index in [2.05, 4.69) is 10.2 Å². The summed E-state index contributed by atoms with van der Waals surface area (Å²) in [7, 11) is 0. The van der Waals surface area contributed by atoms with Gasteiger partial charge in [0, 0.05) is 11.4 Å². The summed E-state index contributed by atoms with van der Waals surface area (Å²) in [5, 5.41) is 11.8. The Bertz CT molecular complexity index is 889. The Morgan fingerprint density at radius 2 is 1.07 bits per heavy atom. The minimum absolute atomic E-state index is 0.102. The van der Waals surface area contributed by atoms with Crippen LogP contribution in [0.1, 0.15) is 20.8 Å². The maximum atomic E-state index is 13.1. The molecule has 6 heteroatoms. The third kappa shape index (κ3) is 2.91. The van der Waals surface area contributed by atoms with E-state index in [-0.39, 0.29) is 17.7 Å². The summed E-state index contributed by atoms with van der Waals surface area (Å²) >= 11 is 0. The third-order valence-corrected chi connectivity index (χ3v) is 5.42. The number of para-hydroxylation sites is 2. The topological polar surface area (TPSA) is 65.3 Å². The smallest absolute Gasteiger partial charge is 0.256 e. The summed E-state index contributed by atoms with van der Waals surface area (Å²) in [5.74, 6) is -1.34. The summed E-state index contributed by atoms with van der Waals surface area (Å²) in [6.45, 7) is 5.64. The number of carbonyl (C=O) groups excluding carboxylic acids is 2. The standard InChI is InChI=1S/C22H22N4O2/c1-14(19-15(2)23-25(21(19)27)17-10-6-4-7-11-17)20-16(3)24-26(22(20)28)18-12-8-5-9-13-18/h4-14,19-20H,1-3H3/t19-,20-/m1/s1. The van der Waals surface area contributed by atoms with Gasteiger partial charge in [-0.1, -0.05) is 43.3 Å². The molecule has 0 bridgehead atoms. The third-order valence-electron chi connectivity index (χ3n) is 5.42. The van der Waals surface area contributed by atoms with Gasteiger partial charge in [-0.15, -0.1) is 0 Å². The van der Waals surface area contributed by atoms with Gasteiger partial charge in [0.05, 0.1) is 23.2 Å². The average molecular weight is 374 g/mol. The van der Waals surface area contributed by atoms with Crippen LogP contribution in [0.5, 0.6) is 0 Å². The SMILES string of the molecule is CC1=NN(c2ccccc2)C(=O)[C@@H]1C(C)[C@H]1C(=O)N(c2ccccc2)N=C1C. The molecule has 0 N–H and O–H groups in total. The van der Waals surface area contributed by atoms with Crippen LogP contribution < -0.4 is 10.0 Å². The lowest BCUT2D eigenvalue weighted by Crippen LogP contribution is -2.40. The van der Waals surface area contributed by atoms with Gasteiger partial charge in [0.1, 0.15) is 0 Å². The minimum atomic E-state index is -0.449. The van der Waals surface area contributed by atoms with Crippen molar-refractivity contribution in [1.29, 1.82) is 0 Å². The molecule has 0 spiro atoms. The molecule has 0 fully saturated rings. The number of hydrogen-bond acceptors (Lipinski definition) is 4. The normalized spacial score (nSPS) is 22.1. The Labute approximate surface area is 164 Å². The largest absolute Gasteiger partial charge is 0.272 e. The van der Waals surface area contributed by atoms with Crippen LogP contribution in [0.4, 0.5) is 11.4 Å². The molecule has 2 atom stereocenters. The van der Waals surface area contributed by atoms with Gasteiger partial charge in [0.2, 0.25) is 0 Å². The van der Waals surface area contributed by atoms with E-state index in [9.17, 15) is 9.59 Å². The summed E-state index contributed by atoms with van der Waals surface area (Å²) < 4.78 is 0. The molecule has 2 aliphatic rings. The first-order valence-corrected chi connectivity index (χ1v) is 9.37. The molecule has 0 radical (unpaired) electrons. The maximum Gasteiger partial charge on any atom is 0.256 e. The van der Waals surface area contributed by atoms with E-state index < -0.39 is 11.8 Å². The molecule has 2 aliphatic heterocycles. The van der Waals surface area contributed by atoms with E-state index in [4.69, 9.17) is 0 Å². The number of anilines is 2. The fraction of sp³-hybridized carbons (Fsp3) is 0.273. The van der Waals surface area contributed by atoms with E-state index in [1.807, 2.05) is 81.4 Å². The Morgan fingerprint density at radius 3 is 1.43 bits per heavy atom. The molecule has 0 aromatic heterocycles. The van der Waals surface area contributed by atoms with Crippen LogP contribution in [0.3, 0.4) is 0 Å². The van der Waals surface area contributed by atoms with Crippen molar-refractivity contribution >= 4 is 34.6 Å². The Kier molecular flexibility index (Phi) is 4.55. The van der Waals surface area contributed by atoms with Crippen molar-refractivity contribution in [1.82, 2.24) is 0 Å². The Hall–Kier alpha value is -3.28. The van der Waals surface area contributed by atoms with Gasteiger partial charge < -0.3 is 0 Å². The Morgan fingerprint density at radius 1 is 0.714 bits per heavy atom. The number of hydrogen-bond donors (Lipinski definition) is 0. The van der Waals surface area contributed by atoms with Crippen LogP contribution in [0, 0.1) is 17.8 Å². The van der Waals surface area contributed by atoms with Gasteiger partial charge >= 0.3 is 0 Å². The van der Waals surface area contributed by atoms with Crippen LogP contribution >= 0.6 is 0 Å². The molecular weight excluding hydrogens is 352 g/mol. The first-order valence-electron chi connectivity index (χ1n) is 9.37. The predicted octanol–water partition coefficient (Wildman–Crippen LogP) is 3.70. The zero-order valence-electron chi connectivity index (χ0n) is 16.1. The van der Waals surface area contributed by atoms with Crippen LogP contribution in [-0.2, 0) is 9.59 Å². The number of amides is 2. The van der Waals surface area contributed by atoms with Gasteiger partial charge in [-0.05, 0) is 44.0 Å². The van der Waals surface area contributed by atoms with Gasteiger partial charge in [-0.25, -0.2) is 10.0 Å². The summed E-state index contributed by atoms with van der Waals surface area (Å²) in [6.07, 6.45) is 0. The quantitative estimate of drug-likeness (QED) is 0.819. The second kappa shape index (κ2) is 7.03. The van der Waals surface area contributed by atoms with Crippen LogP contribution in [-0.4, -0.2) is 23.2 Å². The molecule has 2 aromatic rings. The molecule has 2 heterocycles. The van der Waals surface area contributed by atoms with Gasteiger partial charge in [0.15, 0.2) is 0 Å².